The number of rotatable bonds is 6. The molecule has 0 amide bonds. The van der Waals surface area contributed by atoms with Crippen LogP contribution in [0.5, 0.6) is 11.5 Å². The van der Waals surface area contributed by atoms with Crippen molar-refractivity contribution in [1.82, 2.24) is 4.90 Å². The molecule has 0 atom stereocenters. The van der Waals surface area contributed by atoms with Crippen molar-refractivity contribution in [2.24, 2.45) is 0 Å². The molecule has 2 aliphatic rings. The molecule has 1 aliphatic carbocycles. The highest BCUT2D eigenvalue weighted by Gasteiger charge is 2.45. The lowest BCUT2D eigenvalue weighted by molar-refractivity contribution is 0.195. The summed E-state index contributed by atoms with van der Waals surface area (Å²) in [5.41, 5.74) is 3.43. The Labute approximate surface area is 174 Å². The lowest BCUT2D eigenvalue weighted by atomic mass is 9.88. The third-order valence-corrected chi connectivity index (χ3v) is 6.68. The van der Waals surface area contributed by atoms with E-state index in [0.717, 1.165) is 11.5 Å². The van der Waals surface area contributed by atoms with Gasteiger partial charge in [0, 0.05) is 12.0 Å². The summed E-state index contributed by atoms with van der Waals surface area (Å²) in [6, 6.07) is 29.9. The zero-order chi connectivity index (χ0) is 19.5. The van der Waals surface area contributed by atoms with Crippen LogP contribution in [0, 0.1) is 0 Å². The van der Waals surface area contributed by atoms with Gasteiger partial charge in [-0.3, -0.25) is 0 Å². The van der Waals surface area contributed by atoms with E-state index < -0.39 is 0 Å². The van der Waals surface area contributed by atoms with Crippen LogP contribution in [-0.2, 0) is 5.41 Å². The van der Waals surface area contributed by atoms with Crippen LogP contribution in [0.2, 0.25) is 0 Å². The minimum atomic E-state index is 0.435. The molecule has 29 heavy (non-hydrogen) atoms. The van der Waals surface area contributed by atoms with Crippen molar-refractivity contribution < 1.29 is 4.74 Å². The SMILES string of the molecule is c1ccc(Oc2ccc(C3CCN(CC4(c5ccccc5)CC4)CC3)cc2)cc1. The predicted octanol–water partition coefficient (Wildman–Crippen LogP) is 6.39. The van der Waals surface area contributed by atoms with Gasteiger partial charge in [0.2, 0.25) is 0 Å². The molecular weight excluding hydrogens is 354 g/mol. The Morgan fingerprint density at radius 3 is 1.93 bits per heavy atom. The van der Waals surface area contributed by atoms with E-state index in [4.69, 9.17) is 4.74 Å². The normalized spacial score (nSPS) is 19.0. The van der Waals surface area contributed by atoms with Gasteiger partial charge in [0.05, 0.1) is 0 Å². The van der Waals surface area contributed by atoms with Crippen molar-refractivity contribution in [3.63, 3.8) is 0 Å². The Hall–Kier alpha value is -2.58. The lowest BCUT2D eigenvalue weighted by Crippen LogP contribution is -2.38. The summed E-state index contributed by atoms with van der Waals surface area (Å²) in [5.74, 6) is 2.47. The summed E-state index contributed by atoms with van der Waals surface area (Å²) in [4.78, 5) is 2.70. The Balaban J connectivity index is 1.16. The van der Waals surface area contributed by atoms with Crippen LogP contribution >= 0.6 is 0 Å². The summed E-state index contributed by atoms with van der Waals surface area (Å²) in [6.07, 6.45) is 5.20. The largest absolute Gasteiger partial charge is 0.457 e. The second-order valence-corrected chi connectivity index (χ2v) is 8.68. The average molecular weight is 384 g/mol. The molecule has 2 nitrogen and oxygen atoms in total. The Morgan fingerprint density at radius 1 is 0.724 bits per heavy atom. The number of hydrogen-bond acceptors (Lipinski definition) is 2. The molecule has 0 N–H and O–H groups in total. The third kappa shape index (κ3) is 4.23. The molecule has 1 saturated heterocycles. The molecule has 0 bridgehead atoms. The molecule has 2 fully saturated rings. The van der Waals surface area contributed by atoms with Gasteiger partial charge in [0.15, 0.2) is 0 Å². The first-order chi connectivity index (χ1) is 14.3. The van der Waals surface area contributed by atoms with Gasteiger partial charge in [0.25, 0.3) is 0 Å². The fraction of sp³-hybridized carbons (Fsp3) is 0.333. The number of para-hydroxylation sites is 1. The van der Waals surface area contributed by atoms with Crippen molar-refractivity contribution in [3.05, 3.63) is 96.1 Å². The molecule has 2 heteroatoms. The molecule has 0 radical (unpaired) electrons. The molecule has 148 valence electrons. The summed E-state index contributed by atoms with van der Waals surface area (Å²) >= 11 is 0. The van der Waals surface area contributed by atoms with E-state index in [2.05, 4.69) is 59.5 Å². The molecule has 1 saturated carbocycles. The summed E-state index contributed by atoms with van der Waals surface area (Å²) in [7, 11) is 0. The molecular formula is C27H29NO. The van der Waals surface area contributed by atoms with Crippen LogP contribution in [0.4, 0.5) is 0 Å². The Bertz CT molecular complexity index is 908. The van der Waals surface area contributed by atoms with E-state index in [-0.39, 0.29) is 0 Å². The number of benzene rings is 3. The number of likely N-dealkylation sites (tertiary alicyclic amines) is 1. The lowest BCUT2D eigenvalue weighted by Gasteiger charge is -2.35. The highest BCUT2D eigenvalue weighted by atomic mass is 16.5. The van der Waals surface area contributed by atoms with E-state index >= 15 is 0 Å². The molecule has 0 aromatic heterocycles. The quantitative estimate of drug-likeness (QED) is 0.489. The van der Waals surface area contributed by atoms with E-state index in [9.17, 15) is 0 Å². The average Bonchev–Trinajstić information content (AvgIpc) is 3.57. The maximum Gasteiger partial charge on any atom is 0.127 e. The van der Waals surface area contributed by atoms with Crippen molar-refractivity contribution in [3.8, 4) is 11.5 Å². The number of nitrogens with zero attached hydrogens (tertiary/aromatic N) is 1. The number of piperidine rings is 1. The maximum atomic E-state index is 5.93. The Morgan fingerprint density at radius 2 is 1.31 bits per heavy atom. The van der Waals surface area contributed by atoms with Crippen molar-refractivity contribution in [2.45, 2.75) is 37.0 Å². The smallest absolute Gasteiger partial charge is 0.127 e. The molecule has 0 spiro atoms. The maximum absolute atomic E-state index is 5.93. The van der Waals surface area contributed by atoms with Gasteiger partial charge in [-0.25, -0.2) is 0 Å². The molecule has 5 rings (SSSR count). The topological polar surface area (TPSA) is 12.5 Å². The van der Waals surface area contributed by atoms with Gasteiger partial charge in [-0.2, -0.15) is 0 Å². The van der Waals surface area contributed by atoms with E-state index in [1.54, 1.807) is 0 Å². The summed E-state index contributed by atoms with van der Waals surface area (Å²) < 4.78 is 5.93. The van der Waals surface area contributed by atoms with Gasteiger partial charge in [-0.15, -0.1) is 0 Å². The standard InChI is InChI=1S/C27H29NO/c1-3-7-24(8-4-1)27(17-18-27)21-28-19-15-23(16-20-28)22-11-13-26(14-12-22)29-25-9-5-2-6-10-25/h1-14,23H,15-21H2. The minimum Gasteiger partial charge on any atom is -0.457 e. The van der Waals surface area contributed by atoms with E-state index in [1.807, 2.05) is 30.3 Å². The van der Waals surface area contributed by atoms with Gasteiger partial charge < -0.3 is 9.64 Å². The van der Waals surface area contributed by atoms with Crippen LogP contribution in [-0.4, -0.2) is 24.5 Å². The molecule has 3 aromatic carbocycles. The monoisotopic (exact) mass is 383 g/mol. The first-order valence-electron chi connectivity index (χ1n) is 10.9. The van der Waals surface area contributed by atoms with Crippen molar-refractivity contribution in [1.29, 1.82) is 0 Å². The fourth-order valence-electron chi connectivity index (χ4n) is 4.77. The van der Waals surface area contributed by atoms with Gasteiger partial charge in [-0.1, -0.05) is 60.7 Å². The number of hydrogen-bond donors (Lipinski definition) is 0. The highest BCUT2D eigenvalue weighted by Crippen LogP contribution is 2.49. The predicted molar refractivity (Wildman–Crippen MR) is 119 cm³/mol. The highest BCUT2D eigenvalue weighted by molar-refractivity contribution is 5.35. The molecule has 3 aromatic rings. The summed E-state index contributed by atoms with van der Waals surface area (Å²) in [6.45, 7) is 3.65. The van der Waals surface area contributed by atoms with Crippen molar-refractivity contribution in [2.75, 3.05) is 19.6 Å². The van der Waals surface area contributed by atoms with E-state index in [0.29, 0.717) is 11.3 Å². The second-order valence-electron chi connectivity index (χ2n) is 8.68. The van der Waals surface area contributed by atoms with Crippen molar-refractivity contribution >= 4 is 0 Å². The first kappa shape index (κ1) is 18.4. The van der Waals surface area contributed by atoms with Gasteiger partial charge in [-0.05, 0) is 80.1 Å². The first-order valence-corrected chi connectivity index (χ1v) is 10.9. The second kappa shape index (κ2) is 8.04. The van der Waals surface area contributed by atoms with Crippen LogP contribution in [0.15, 0.2) is 84.9 Å². The fourth-order valence-corrected chi connectivity index (χ4v) is 4.77. The third-order valence-electron chi connectivity index (χ3n) is 6.68. The van der Waals surface area contributed by atoms with Crippen LogP contribution in [0.25, 0.3) is 0 Å². The molecule has 1 aliphatic heterocycles. The Kier molecular flexibility index (Phi) is 5.12. The molecule has 0 unspecified atom stereocenters. The minimum absolute atomic E-state index is 0.435. The number of ether oxygens (including phenoxy) is 1. The zero-order valence-corrected chi connectivity index (χ0v) is 17.0. The zero-order valence-electron chi connectivity index (χ0n) is 17.0. The van der Waals surface area contributed by atoms with Gasteiger partial charge >= 0.3 is 0 Å². The van der Waals surface area contributed by atoms with Crippen LogP contribution in [0.3, 0.4) is 0 Å². The summed E-state index contributed by atoms with van der Waals surface area (Å²) in [5, 5.41) is 0. The van der Waals surface area contributed by atoms with Crippen LogP contribution < -0.4 is 4.74 Å². The van der Waals surface area contributed by atoms with E-state index in [1.165, 1.54) is 56.4 Å². The van der Waals surface area contributed by atoms with Gasteiger partial charge in [0.1, 0.15) is 11.5 Å². The molecule has 1 heterocycles. The van der Waals surface area contributed by atoms with Crippen LogP contribution in [0.1, 0.15) is 42.7 Å².